The maximum atomic E-state index is 11.7. The lowest BCUT2D eigenvalue weighted by Gasteiger charge is -2.11. The number of carbonyl (C=O) groups is 3. The van der Waals surface area contributed by atoms with Crippen LogP contribution in [-0.2, 0) is 9.53 Å². The third-order valence-corrected chi connectivity index (χ3v) is 2.22. The normalized spacial score (nSPS) is 11.4. The molecule has 6 nitrogen and oxygen atoms in total. The molecule has 19 heavy (non-hydrogen) atoms. The van der Waals surface area contributed by atoms with E-state index in [1.807, 2.05) is 0 Å². The van der Waals surface area contributed by atoms with Gasteiger partial charge in [-0.1, -0.05) is 18.7 Å². The molecule has 0 saturated carbocycles. The molecule has 0 radical (unpaired) electrons. The van der Waals surface area contributed by atoms with Gasteiger partial charge in [0.05, 0.1) is 17.5 Å². The fourth-order valence-corrected chi connectivity index (χ4v) is 1.33. The lowest BCUT2D eigenvalue weighted by Crippen LogP contribution is -2.22. The van der Waals surface area contributed by atoms with E-state index in [1.165, 1.54) is 24.3 Å². The molecule has 0 amide bonds. The molecule has 0 spiro atoms. The van der Waals surface area contributed by atoms with Gasteiger partial charge in [-0.25, -0.2) is 9.59 Å². The number of carbonyl (C=O) groups excluding carboxylic acids is 2. The summed E-state index contributed by atoms with van der Waals surface area (Å²) in [6.45, 7) is 3.21. The van der Waals surface area contributed by atoms with Gasteiger partial charge >= 0.3 is 11.9 Å². The van der Waals surface area contributed by atoms with Gasteiger partial charge in [0.1, 0.15) is 0 Å². The number of carboxylic acids is 1. The fourth-order valence-electron chi connectivity index (χ4n) is 1.33. The second kappa shape index (κ2) is 6.46. The molecule has 2 N–H and O–H groups in total. The predicted octanol–water partition coefficient (Wildman–Crippen LogP) is 1.01. The van der Waals surface area contributed by atoms with Crippen molar-refractivity contribution in [2.75, 3.05) is 0 Å². The minimum absolute atomic E-state index is 0.194. The number of esters is 1. The molecule has 1 rings (SSSR count). The minimum atomic E-state index is -1.64. The van der Waals surface area contributed by atoms with E-state index < -0.39 is 30.4 Å². The van der Waals surface area contributed by atoms with Crippen molar-refractivity contribution in [1.29, 1.82) is 0 Å². The Balaban J connectivity index is 2.81. The first-order chi connectivity index (χ1) is 8.95. The van der Waals surface area contributed by atoms with Crippen LogP contribution in [0.5, 0.6) is 0 Å². The zero-order chi connectivity index (χ0) is 14.4. The van der Waals surface area contributed by atoms with Gasteiger partial charge in [-0.15, -0.1) is 0 Å². The van der Waals surface area contributed by atoms with Crippen LogP contribution in [0.2, 0.25) is 0 Å². The quantitative estimate of drug-likeness (QED) is 0.451. The van der Waals surface area contributed by atoms with Gasteiger partial charge in [-0.2, -0.15) is 0 Å². The van der Waals surface area contributed by atoms with Crippen LogP contribution in [0.15, 0.2) is 36.9 Å². The highest BCUT2D eigenvalue weighted by Gasteiger charge is 2.20. The number of allylic oxidation sites excluding steroid dienone is 1. The number of aliphatic hydroxyl groups is 1. The summed E-state index contributed by atoms with van der Waals surface area (Å²) in [5.74, 6) is -2.79. The van der Waals surface area contributed by atoms with Gasteiger partial charge in [-0.3, -0.25) is 4.79 Å². The summed E-state index contributed by atoms with van der Waals surface area (Å²) in [5, 5.41) is 18.2. The summed E-state index contributed by atoms with van der Waals surface area (Å²) in [6, 6.07) is 5.41. The molecule has 100 valence electrons. The first-order valence-corrected chi connectivity index (χ1v) is 5.32. The number of ether oxygens (including phenoxy) is 1. The van der Waals surface area contributed by atoms with Crippen LogP contribution < -0.4 is 0 Å². The molecule has 0 saturated heterocycles. The molecule has 1 atom stereocenters. The fraction of sp³-hybridized carbons (Fsp3) is 0.154. The number of benzene rings is 1. The Bertz CT molecular complexity index is 520. The average molecular weight is 264 g/mol. The van der Waals surface area contributed by atoms with E-state index in [1.54, 1.807) is 0 Å². The first kappa shape index (κ1) is 14.6. The van der Waals surface area contributed by atoms with Crippen molar-refractivity contribution < 1.29 is 29.3 Å². The van der Waals surface area contributed by atoms with Crippen LogP contribution >= 0.6 is 0 Å². The predicted molar refractivity (Wildman–Crippen MR) is 64.6 cm³/mol. The molecule has 6 heteroatoms. The summed E-state index contributed by atoms with van der Waals surface area (Å²) in [4.78, 5) is 33.5. The molecule has 1 aromatic rings. The SMILES string of the molecule is C=CC(=O)CC(O)OC(=O)c1ccccc1C(=O)O. The maximum absolute atomic E-state index is 11.7. The monoisotopic (exact) mass is 264 g/mol. The number of hydrogen-bond donors (Lipinski definition) is 2. The Hall–Kier alpha value is -2.47. The summed E-state index contributed by atoms with van der Waals surface area (Å²) in [5.41, 5.74) is -0.435. The summed E-state index contributed by atoms with van der Waals surface area (Å²) >= 11 is 0. The lowest BCUT2D eigenvalue weighted by atomic mass is 10.1. The van der Waals surface area contributed by atoms with Gasteiger partial charge < -0.3 is 14.9 Å². The highest BCUT2D eigenvalue weighted by atomic mass is 16.6. The van der Waals surface area contributed by atoms with E-state index in [2.05, 4.69) is 11.3 Å². The second-order valence-electron chi connectivity index (χ2n) is 3.59. The molecule has 0 aromatic heterocycles. The van der Waals surface area contributed by atoms with Gasteiger partial charge in [0.2, 0.25) is 6.29 Å². The number of aromatic carboxylic acids is 1. The summed E-state index contributed by atoms with van der Waals surface area (Å²) in [6.07, 6.45) is -1.08. The number of aliphatic hydroxyl groups excluding tert-OH is 1. The third kappa shape index (κ3) is 4.04. The molecular weight excluding hydrogens is 252 g/mol. The molecular formula is C13H12O6. The Kier molecular flexibility index (Phi) is 4.96. The summed E-state index contributed by atoms with van der Waals surface area (Å²) < 4.78 is 4.58. The number of hydrogen-bond acceptors (Lipinski definition) is 5. The minimum Gasteiger partial charge on any atom is -0.478 e. The van der Waals surface area contributed by atoms with Crippen molar-refractivity contribution >= 4 is 17.7 Å². The van der Waals surface area contributed by atoms with E-state index in [-0.39, 0.29) is 11.1 Å². The Morgan fingerprint density at radius 1 is 1.26 bits per heavy atom. The van der Waals surface area contributed by atoms with E-state index in [4.69, 9.17) is 5.11 Å². The highest BCUT2D eigenvalue weighted by molar-refractivity contribution is 6.02. The number of ketones is 1. The molecule has 0 aliphatic carbocycles. The van der Waals surface area contributed by atoms with Crippen molar-refractivity contribution in [2.45, 2.75) is 12.7 Å². The van der Waals surface area contributed by atoms with Gasteiger partial charge in [0, 0.05) is 0 Å². The zero-order valence-corrected chi connectivity index (χ0v) is 9.91. The van der Waals surface area contributed by atoms with Crippen LogP contribution in [0.4, 0.5) is 0 Å². The topological polar surface area (TPSA) is 101 Å². The van der Waals surface area contributed by atoms with Crippen LogP contribution in [0, 0.1) is 0 Å². The Morgan fingerprint density at radius 2 is 1.84 bits per heavy atom. The van der Waals surface area contributed by atoms with Crippen molar-refractivity contribution in [2.24, 2.45) is 0 Å². The molecule has 1 aromatic carbocycles. The largest absolute Gasteiger partial charge is 0.478 e. The summed E-state index contributed by atoms with van der Waals surface area (Å²) in [7, 11) is 0. The van der Waals surface area contributed by atoms with Crippen LogP contribution in [0.3, 0.4) is 0 Å². The van der Waals surface area contributed by atoms with Crippen LogP contribution in [0.1, 0.15) is 27.1 Å². The molecule has 1 unspecified atom stereocenters. The number of carboxylic acid groups (broad SMARTS) is 1. The Labute approximate surface area is 108 Å². The van der Waals surface area contributed by atoms with Crippen molar-refractivity contribution in [3.8, 4) is 0 Å². The lowest BCUT2D eigenvalue weighted by molar-refractivity contribution is -0.123. The number of rotatable bonds is 6. The second-order valence-corrected chi connectivity index (χ2v) is 3.59. The zero-order valence-electron chi connectivity index (χ0n) is 9.91. The standard InChI is InChI=1S/C13H12O6/c1-2-8(14)7-11(15)19-13(18)10-6-4-3-5-9(10)12(16)17/h2-6,11,15H,1,7H2,(H,16,17). The van der Waals surface area contributed by atoms with Gasteiger partial charge in [0.25, 0.3) is 0 Å². The molecule has 0 fully saturated rings. The third-order valence-electron chi connectivity index (χ3n) is 2.22. The smallest absolute Gasteiger partial charge is 0.341 e. The molecule has 0 heterocycles. The van der Waals surface area contributed by atoms with E-state index >= 15 is 0 Å². The van der Waals surface area contributed by atoms with Crippen LogP contribution in [0.25, 0.3) is 0 Å². The average Bonchev–Trinajstić information content (AvgIpc) is 2.38. The van der Waals surface area contributed by atoms with E-state index in [0.29, 0.717) is 0 Å². The maximum Gasteiger partial charge on any atom is 0.341 e. The van der Waals surface area contributed by atoms with Crippen molar-refractivity contribution in [3.05, 3.63) is 48.0 Å². The van der Waals surface area contributed by atoms with Gasteiger partial charge in [0.15, 0.2) is 5.78 Å². The molecule has 0 aliphatic rings. The van der Waals surface area contributed by atoms with E-state index in [0.717, 1.165) is 6.08 Å². The van der Waals surface area contributed by atoms with Crippen molar-refractivity contribution in [3.63, 3.8) is 0 Å². The van der Waals surface area contributed by atoms with Gasteiger partial charge in [-0.05, 0) is 18.2 Å². The molecule has 0 aliphatic heterocycles. The molecule has 0 bridgehead atoms. The first-order valence-electron chi connectivity index (χ1n) is 5.32. The van der Waals surface area contributed by atoms with Crippen LogP contribution in [-0.4, -0.2) is 34.2 Å². The van der Waals surface area contributed by atoms with Crippen molar-refractivity contribution in [1.82, 2.24) is 0 Å². The highest BCUT2D eigenvalue weighted by Crippen LogP contribution is 2.12. The Morgan fingerprint density at radius 3 is 2.37 bits per heavy atom. The van der Waals surface area contributed by atoms with E-state index in [9.17, 15) is 19.5 Å².